The maximum absolute atomic E-state index is 12.8. The van der Waals surface area contributed by atoms with Gasteiger partial charge in [-0.05, 0) is 30.7 Å². The molecule has 1 aromatic heterocycles. The second-order valence-corrected chi connectivity index (χ2v) is 5.29. The lowest BCUT2D eigenvalue weighted by Gasteiger charge is -2.05. The summed E-state index contributed by atoms with van der Waals surface area (Å²) < 4.78 is 5.05. The van der Waals surface area contributed by atoms with Crippen LogP contribution in [0.25, 0.3) is 17.0 Å². The number of benzene rings is 2. The summed E-state index contributed by atoms with van der Waals surface area (Å²) >= 11 is 0. The summed E-state index contributed by atoms with van der Waals surface area (Å²) in [4.78, 5) is 28.1. The van der Waals surface area contributed by atoms with E-state index in [4.69, 9.17) is 4.74 Å². The van der Waals surface area contributed by atoms with Gasteiger partial charge in [0, 0.05) is 10.9 Å². The average molecular weight is 319 g/mol. The molecule has 0 aliphatic rings. The van der Waals surface area contributed by atoms with E-state index in [9.17, 15) is 9.59 Å². The molecule has 0 radical (unpaired) electrons. The molecule has 2 aromatic carbocycles. The number of fused-ring (bicyclic) bond motifs is 1. The fourth-order valence-electron chi connectivity index (χ4n) is 2.48. The quantitative estimate of drug-likeness (QED) is 0.254. The lowest BCUT2D eigenvalue weighted by molar-refractivity contribution is -0.137. The monoisotopic (exact) mass is 319 g/mol. The van der Waals surface area contributed by atoms with Gasteiger partial charge in [-0.1, -0.05) is 48.5 Å². The van der Waals surface area contributed by atoms with Crippen molar-refractivity contribution < 1.29 is 14.3 Å². The summed E-state index contributed by atoms with van der Waals surface area (Å²) in [5.41, 5.74) is 2.00. The normalized spacial score (nSPS) is 11.5. The van der Waals surface area contributed by atoms with Gasteiger partial charge >= 0.3 is 5.97 Å². The van der Waals surface area contributed by atoms with E-state index in [2.05, 4.69) is 4.98 Å². The van der Waals surface area contributed by atoms with Crippen LogP contribution in [0.3, 0.4) is 0 Å². The third-order valence-electron chi connectivity index (χ3n) is 3.63. The Morgan fingerprint density at radius 1 is 1.04 bits per heavy atom. The summed E-state index contributed by atoms with van der Waals surface area (Å²) in [5.74, 6) is -1.00. The number of aromatic nitrogens is 1. The van der Waals surface area contributed by atoms with Crippen molar-refractivity contribution in [3.05, 3.63) is 77.5 Å². The number of H-pyrrole nitrogens is 1. The van der Waals surface area contributed by atoms with Crippen LogP contribution in [0.5, 0.6) is 0 Å². The highest BCUT2D eigenvalue weighted by Gasteiger charge is 2.22. The molecule has 0 spiro atoms. The second kappa shape index (κ2) is 6.96. The molecule has 0 bridgehead atoms. The number of carbonyl (C=O) groups is 2. The minimum Gasteiger partial charge on any atom is -0.462 e. The van der Waals surface area contributed by atoms with Crippen molar-refractivity contribution in [3.63, 3.8) is 0 Å². The molecule has 0 saturated heterocycles. The molecule has 1 N–H and O–H groups in total. The van der Waals surface area contributed by atoms with Gasteiger partial charge in [0.05, 0.1) is 12.3 Å². The van der Waals surface area contributed by atoms with Gasteiger partial charge in [0.1, 0.15) is 5.57 Å². The van der Waals surface area contributed by atoms with Crippen molar-refractivity contribution in [2.45, 2.75) is 6.92 Å². The van der Waals surface area contributed by atoms with Gasteiger partial charge in [-0.3, -0.25) is 4.79 Å². The number of esters is 1. The Morgan fingerprint density at radius 3 is 2.46 bits per heavy atom. The van der Waals surface area contributed by atoms with Crippen LogP contribution in [0.1, 0.15) is 23.0 Å². The molecule has 4 nitrogen and oxygen atoms in total. The van der Waals surface area contributed by atoms with E-state index < -0.39 is 5.97 Å². The minimum atomic E-state index is -0.620. The van der Waals surface area contributed by atoms with Gasteiger partial charge in [0.25, 0.3) is 0 Å². The summed E-state index contributed by atoms with van der Waals surface area (Å²) in [5, 5.41) is 0.920. The summed E-state index contributed by atoms with van der Waals surface area (Å²) in [6.45, 7) is 1.93. The Labute approximate surface area is 139 Å². The molecule has 0 saturated carbocycles. The molecule has 0 fully saturated rings. The van der Waals surface area contributed by atoms with Crippen LogP contribution >= 0.6 is 0 Å². The van der Waals surface area contributed by atoms with Crippen molar-refractivity contribution in [1.29, 1.82) is 0 Å². The van der Waals surface area contributed by atoms with Crippen LogP contribution in [0.2, 0.25) is 0 Å². The van der Waals surface area contributed by atoms with Crippen molar-refractivity contribution in [1.82, 2.24) is 4.98 Å². The molecule has 3 aromatic rings. The lowest BCUT2D eigenvalue weighted by atomic mass is 10.0. The van der Waals surface area contributed by atoms with Gasteiger partial charge in [0.2, 0.25) is 5.78 Å². The number of para-hydroxylation sites is 1. The SMILES string of the molecule is CCOC(=O)/C(=C\c1ccccc1)C(=O)c1cc2ccccc2[nH]1. The van der Waals surface area contributed by atoms with Crippen LogP contribution in [-0.2, 0) is 9.53 Å². The topological polar surface area (TPSA) is 59.2 Å². The molecule has 24 heavy (non-hydrogen) atoms. The smallest absolute Gasteiger partial charge is 0.342 e. The summed E-state index contributed by atoms with van der Waals surface area (Å²) in [6.07, 6.45) is 1.56. The van der Waals surface area contributed by atoms with E-state index in [0.717, 1.165) is 16.5 Å². The van der Waals surface area contributed by atoms with Crippen molar-refractivity contribution in [2.75, 3.05) is 6.61 Å². The molecule has 0 unspecified atom stereocenters. The van der Waals surface area contributed by atoms with Crippen LogP contribution in [0.15, 0.2) is 66.2 Å². The van der Waals surface area contributed by atoms with E-state index in [1.165, 1.54) is 0 Å². The number of aromatic amines is 1. The van der Waals surface area contributed by atoms with E-state index in [-0.39, 0.29) is 18.0 Å². The van der Waals surface area contributed by atoms with E-state index in [0.29, 0.717) is 5.69 Å². The van der Waals surface area contributed by atoms with Crippen molar-refractivity contribution >= 4 is 28.7 Å². The first-order valence-corrected chi connectivity index (χ1v) is 7.75. The van der Waals surface area contributed by atoms with E-state index >= 15 is 0 Å². The third kappa shape index (κ3) is 3.27. The van der Waals surface area contributed by atoms with Crippen LogP contribution in [0, 0.1) is 0 Å². The molecule has 0 aliphatic carbocycles. The zero-order valence-corrected chi connectivity index (χ0v) is 13.3. The summed E-state index contributed by atoms with van der Waals surface area (Å²) in [7, 11) is 0. The number of rotatable bonds is 5. The number of ether oxygens (including phenoxy) is 1. The fraction of sp³-hybridized carbons (Fsp3) is 0.100. The lowest BCUT2D eigenvalue weighted by Crippen LogP contribution is -2.16. The number of ketones is 1. The first-order chi connectivity index (χ1) is 11.7. The molecule has 0 amide bonds. The highest BCUT2D eigenvalue weighted by Crippen LogP contribution is 2.19. The number of carbonyl (C=O) groups excluding carboxylic acids is 2. The zero-order valence-electron chi connectivity index (χ0n) is 13.3. The van der Waals surface area contributed by atoms with Crippen LogP contribution in [0.4, 0.5) is 0 Å². The van der Waals surface area contributed by atoms with Gasteiger partial charge in [-0.15, -0.1) is 0 Å². The Hall–Kier alpha value is -3.14. The molecule has 3 rings (SSSR count). The Kier molecular flexibility index (Phi) is 4.57. The second-order valence-electron chi connectivity index (χ2n) is 5.29. The molecule has 4 heteroatoms. The Balaban J connectivity index is 2.02. The fourth-order valence-corrected chi connectivity index (χ4v) is 2.48. The largest absolute Gasteiger partial charge is 0.462 e. The molecule has 120 valence electrons. The Morgan fingerprint density at radius 2 is 1.75 bits per heavy atom. The minimum absolute atomic E-state index is 0.00889. The number of hydrogen-bond donors (Lipinski definition) is 1. The van der Waals surface area contributed by atoms with Crippen LogP contribution in [-0.4, -0.2) is 23.3 Å². The van der Waals surface area contributed by atoms with E-state index in [1.807, 2.05) is 54.6 Å². The van der Waals surface area contributed by atoms with Crippen LogP contribution < -0.4 is 0 Å². The molecular weight excluding hydrogens is 302 g/mol. The Bertz CT molecular complexity index is 874. The maximum atomic E-state index is 12.8. The highest BCUT2D eigenvalue weighted by molar-refractivity contribution is 6.27. The predicted octanol–water partition coefficient (Wildman–Crippen LogP) is 4.00. The molecule has 1 heterocycles. The maximum Gasteiger partial charge on any atom is 0.342 e. The average Bonchev–Trinajstić information content (AvgIpc) is 3.04. The molecule has 0 atom stereocenters. The standard InChI is InChI=1S/C20H17NO3/c1-2-24-20(23)16(12-14-8-4-3-5-9-14)19(22)18-13-15-10-6-7-11-17(15)21-18/h3-13,21H,2H2,1H3/b16-12-. The molecular formula is C20H17NO3. The number of nitrogens with one attached hydrogen (secondary N) is 1. The first-order valence-electron chi connectivity index (χ1n) is 7.75. The highest BCUT2D eigenvalue weighted by atomic mass is 16.5. The molecule has 0 aliphatic heterocycles. The van der Waals surface area contributed by atoms with Crippen molar-refractivity contribution in [2.24, 2.45) is 0 Å². The third-order valence-corrected chi connectivity index (χ3v) is 3.63. The number of hydrogen-bond acceptors (Lipinski definition) is 3. The first kappa shape index (κ1) is 15.7. The van der Waals surface area contributed by atoms with Gasteiger partial charge in [-0.2, -0.15) is 0 Å². The summed E-state index contributed by atoms with van der Waals surface area (Å²) in [6, 6.07) is 18.6. The van der Waals surface area contributed by atoms with E-state index in [1.54, 1.807) is 19.1 Å². The van der Waals surface area contributed by atoms with Gasteiger partial charge < -0.3 is 9.72 Å². The van der Waals surface area contributed by atoms with Gasteiger partial charge in [-0.25, -0.2) is 4.79 Å². The van der Waals surface area contributed by atoms with Gasteiger partial charge in [0.15, 0.2) is 0 Å². The predicted molar refractivity (Wildman–Crippen MR) is 93.7 cm³/mol. The number of Topliss-reactive ketones (excluding diaryl/α,β-unsaturated/α-hetero) is 1. The zero-order chi connectivity index (χ0) is 16.9. The van der Waals surface area contributed by atoms with Crippen molar-refractivity contribution in [3.8, 4) is 0 Å².